The van der Waals surface area contributed by atoms with Crippen LogP contribution in [0.3, 0.4) is 0 Å². The highest BCUT2D eigenvalue weighted by molar-refractivity contribution is 6.05. The molecule has 0 amide bonds. The summed E-state index contributed by atoms with van der Waals surface area (Å²) in [5.74, 6) is -0.552. The molecule has 0 spiro atoms. The molecule has 1 heterocycles. The van der Waals surface area contributed by atoms with E-state index < -0.39 is 5.97 Å². The minimum atomic E-state index is -1.10. The number of fused-ring (bicyclic) bond motifs is 1. The number of ether oxygens (including phenoxy) is 1. The van der Waals surface area contributed by atoms with Crippen LogP contribution in [-0.2, 0) is 0 Å². The first-order chi connectivity index (χ1) is 13.9. The summed E-state index contributed by atoms with van der Waals surface area (Å²) in [5.41, 5.74) is 1.09. The van der Waals surface area contributed by atoms with Crippen molar-refractivity contribution in [3.05, 3.63) is 59.7 Å². The number of rotatable bonds is 8. The van der Waals surface area contributed by atoms with Gasteiger partial charge in [-0.25, -0.2) is 19.2 Å². The molecule has 0 bridgehead atoms. The van der Waals surface area contributed by atoms with Gasteiger partial charge in [0, 0.05) is 11.9 Å². The van der Waals surface area contributed by atoms with Crippen molar-refractivity contribution in [1.82, 2.24) is 14.9 Å². The maximum absolute atomic E-state index is 13.8. The van der Waals surface area contributed by atoms with E-state index in [9.17, 15) is 14.3 Å². The van der Waals surface area contributed by atoms with Crippen molar-refractivity contribution in [1.29, 1.82) is 0 Å². The molecule has 8 heteroatoms. The minimum absolute atomic E-state index is 0.0336. The average molecular weight is 398 g/mol. The van der Waals surface area contributed by atoms with Crippen LogP contribution in [0.15, 0.2) is 42.7 Å². The molecule has 2 aromatic carbocycles. The number of hydrogen-bond acceptors (Lipinski definition) is 6. The van der Waals surface area contributed by atoms with Crippen molar-refractivity contribution >= 4 is 22.7 Å². The second-order valence-electron chi connectivity index (χ2n) is 6.84. The molecule has 1 atom stereocenters. The van der Waals surface area contributed by atoms with Gasteiger partial charge < -0.3 is 20.1 Å². The summed E-state index contributed by atoms with van der Waals surface area (Å²) in [7, 11) is 3.84. The van der Waals surface area contributed by atoms with E-state index in [0.717, 1.165) is 5.56 Å². The van der Waals surface area contributed by atoms with Crippen LogP contribution < -0.4 is 10.1 Å². The van der Waals surface area contributed by atoms with Crippen molar-refractivity contribution in [2.45, 2.75) is 13.0 Å². The summed E-state index contributed by atoms with van der Waals surface area (Å²) in [6.45, 7) is 2.79. The lowest BCUT2D eigenvalue weighted by Gasteiger charge is -2.24. The predicted octanol–water partition coefficient (Wildman–Crippen LogP) is 3.58. The molecule has 0 saturated heterocycles. The highest BCUT2D eigenvalue weighted by Crippen LogP contribution is 2.30. The third-order valence-electron chi connectivity index (χ3n) is 4.36. The largest absolute Gasteiger partial charge is 0.494 e. The molecule has 1 unspecified atom stereocenters. The van der Waals surface area contributed by atoms with E-state index in [0.29, 0.717) is 35.6 Å². The van der Waals surface area contributed by atoms with Gasteiger partial charge in [-0.05, 0) is 50.8 Å². The standard InChI is InChI=1S/C21H23FN4O3/c1-4-29-15-9-16-19(17(10-15)21(27)28)23-12-24-20(16)25-18(11-26(2)3)13-6-5-7-14(22)8-13/h5-10,12,18H,4,11H2,1-3H3,(H,27,28)(H,23,24,25). The van der Waals surface area contributed by atoms with Gasteiger partial charge in [0.05, 0.1) is 23.7 Å². The van der Waals surface area contributed by atoms with Crippen molar-refractivity contribution in [2.75, 3.05) is 32.6 Å². The second kappa shape index (κ2) is 8.83. The Hall–Kier alpha value is -3.26. The summed E-state index contributed by atoms with van der Waals surface area (Å²) in [4.78, 5) is 22.2. The molecule has 29 heavy (non-hydrogen) atoms. The highest BCUT2D eigenvalue weighted by Gasteiger charge is 2.19. The van der Waals surface area contributed by atoms with Crippen LogP contribution in [0.4, 0.5) is 10.2 Å². The van der Waals surface area contributed by atoms with E-state index >= 15 is 0 Å². The van der Waals surface area contributed by atoms with Gasteiger partial charge in [-0.15, -0.1) is 0 Å². The van der Waals surface area contributed by atoms with Crippen molar-refractivity contribution in [3.63, 3.8) is 0 Å². The Balaban J connectivity index is 2.10. The molecule has 0 fully saturated rings. The minimum Gasteiger partial charge on any atom is -0.494 e. The predicted molar refractivity (Wildman–Crippen MR) is 109 cm³/mol. The normalized spacial score (nSPS) is 12.2. The molecule has 0 radical (unpaired) electrons. The molecule has 3 rings (SSSR count). The summed E-state index contributed by atoms with van der Waals surface area (Å²) in [6.07, 6.45) is 1.32. The molecular formula is C21H23FN4O3. The third kappa shape index (κ3) is 4.78. The number of aromatic carboxylic acids is 1. The first-order valence-electron chi connectivity index (χ1n) is 9.20. The van der Waals surface area contributed by atoms with Crippen molar-refractivity contribution < 1.29 is 19.0 Å². The number of halogens is 1. The highest BCUT2D eigenvalue weighted by atomic mass is 19.1. The van der Waals surface area contributed by atoms with E-state index in [1.165, 1.54) is 24.5 Å². The SMILES string of the molecule is CCOc1cc(C(=O)O)c2ncnc(NC(CN(C)C)c3cccc(F)c3)c2c1. The van der Waals surface area contributed by atoms with Gasteiger partial charge in [0.25, 0.3) is 0 Å². The number of aromatic nitrogens is 2. The number of nitrogens with one attached hydrogen (secondary N) is 1. The zero-order valence-electron chi connectivity index (χ0n) is 16.5. The average Bonchev–Trinajstić information content (AvgIpc) is 2.67. The van der Waals surface area contributed by atoms with Gasteiger partial charge in [0.2, 0.25) is 0 Å². The number of carbonyl (C=O) groups is 1. The number of anilines is 1. The van der Waals surface area contributed by atoms with Crippen LogP contribution in [0.25, 0.3) is 10.9 Å². The Morgan fingerprint density at radius 1 is 1.28 bits per heavy atom. The number of likely N-dealkylation sites (N-methyl/N-ethyl adjacent to an activating group) is 1. The number of nitrogens with zero attached hydrogens (tertiary/aromatic N) is 3. The van der Waals surface area contributed by atoms with Crippen LogP contribution in [0.1, 0.15) is 28.9 Å². The number of benzene rings is 2. The maximum atomic E-state index is 13.8. The number of carboxylic acids is 1. The Morgan fingerprint density at radius 3 is 2.72 bits per heavy atom. The zero-order chi connectivity index (χ0) is 21.0. The fraction of sp³-hybridized carbons (Fsp3) is 0.286. The van der Waals surface area contributed by atoms with E-state index in [-0.39, 0.29) is 17.4 Å². The Kier molecular flexibility index (Phi) is 6.23. The van der Waals surface area contributed by atoms with Gasteiger partial charge in [-0.3, -0.25) is 0 Å². The lowest BCUT2D eigenvalue weighted by atomic mass is 10.1. The van der Waals surface area contributed by atoms with Gasteiger partial charge in [0.1, 0.15) is 23.7 Å². The fourth-order valence-corrected chi connectivity index (χ4v) is 3.16. The van der Waals surface area contributed by atoms with E-state index in [1.807, 2.05) is 32.0 Å². The summed E-state index contributed by atoms with van der Waals surface area (Å²) in [6, 6.07) is 9.25. The van der Waals surface area contributed by atoms with Crippen LogP contribution in [0, 0.1) is 5.82 Å². The third-order valence-corrected chi connectivity index (χ3v) is 4.36. The van der Waals surface area contributed by atoms with Crippen LogP contribution >= 0.6 is 0 Å². The quantitative estimate of drug-likeness (QED) is 0.600. The van der Waals surface area contributed by atoms with Gasteiger partial charge in [-0.2, -0.15) is 0 Å². The Labute approximate surface area is 168 Å². The van der Waals surface area contributed by atoms with E-state index in [1.54, 1.807) is 12.1 Å². The Bertz CT molecular complexity index is 1030. The first-order valence-corrected chi connectivity index (χ1v) is 9.20. The second-order valence-corrected chi connectivity index (χ2v) is 6.84. The van der Waals surface area contributed by atoms with E-state index in [4.69, 9.17) is 4.74 Å². The molecule has 3 aromatic rings. The molecular weight excluding hydrogens is 375 g/mol. The summed E-state index contributed by atoms with van der Waals surface area (Å²) < 4.78 is 19.3. The Morgan fingerprint density at radius 2 is 2.07 bits per heavy atom. The van der Waals surface area contributed by atoms with Gasteiger partial charge >= 0.3 is 5.97 Å². The molecule has 2 N–H and O–H groups in total. The fourth-order valence-electron chi connectivity index (χ4n) is 3.16. The van der Waals surface area contributed by atoms with Crippen molar-refractivity contribution in [2.24, 2.45) is 0 Å². The molecule has 1 aromatic heterocycles. The van der Waals surface area contributed by atoms with Crippen molar-refractivity contribution in [3.8, 4) is 5.75 Å². The summed E-state index contributed by atoms with van der Waals surface area (Å²) >= 11 is 0. The van der Waals surface area contributed by atoms with Crippen LogP contribution in [-0.4, -0.2) is 53.2 Å². The maximum Gasteiger partial charge on any atom is 0.338 e. The topological polar surface area (TPSA) is 87.6 Å². The molecule has 0 aliphatic carbocycles. The van der Waals surface area contributed by atoms with Crippen LogP contribution in [0.5, 0.6) is 5.75 Å². The first kappa shape index (κ1) is 20.5. The van der Waals surface area contributed by atoms with Gasteiger partial charge in [-0.1, -0.05) is 12.1 Å². The van der Waals surface area contributed by atoms with Gasteiger partial charge in [0.15, 0.2) is 0 Å². The smallest absolute Gasteiger partial charge is 0.338 e. The summed E-state index contributed by atoms with van der Waals surface area (Å²) in [5, 5.41) is 13.4. The lowest BCUT2D eigenvalue weighted by molar-refractivity contribution is 0.0698. The van der Waals surface area contributed by atoms with E-state index in [2.05, 4.69) is 15.3 Å². The zero-order valence-corrected chi connectivity index (χ0v) is 16.5. The molecule has 0 aliphatic rings. The van der Waals surface area contributed by atoms with Crippen LogP contribution in [0.2, 0.25) is 0 Å². The number of carboxylic acid groups (broad SMARTS) is 1. The monoisotopic (exact) mass is 398 g/mol. The lowest BCUT2D eigenvalue weighted by Crippen LogP contribution is -2.26. The number of hydrogen-bond donors (Lipinski definition) is 2. The molecule has 152 valence electrons. The molecule has 0 saturated carbocycles. The molecule has 7 nitrogen and oxygen atoms in total. The molecule has 0 aliphatic heterocycles.